The molecule has 0 amide bonds. The first-order chi connectivity index (χ1) is 11.0. The van der Waals surface area contributed by atoms with Gasteiger partial charge in [-0.15, -0.1) is 11.3 Å². The molecule has 0 fully saturated rings. The Hall–Kier alpha value is -1.21. The van der Waals surface area contributed by atoms with Gasteiger partial charge in [-0.05, 0) is 36.1 Å². The number of nitrogens with zero attached hydrogens (tertiary/aromatic N) is 1. The second kappa shape index (κ2) is 8.06. The van der Waals surface area contributed by atoms with E-state index in [9.17, 15) is 8.42 Å². The Morgan fingerprint density at radius 3 is 2.30 bits per heavy atom. The summed E-state index contributed by atoms with van der Waals surface area (Å²) >= 11 is 1.73. The molecule has 0 saturated carbocycles. The van der Waals surface area contributed by atoms with E-state index in [1.165, 1.54) is 9.18 Å². The van der Waals surface area contributed by atoms with Crippen LogP contribution in [0.1, 0.15) is 37.3 Å². The molecule has 0 saturated heterocycles. The minimum Gasteiger partial charge on any atom is -0.305 e. The highest BCUT2D eigenvalue weighted by Gasteiger charge is 2.21. The van der Waals surface area contributed by atoms with Crippen LogP contribution in [0.3, 0.4) is 0 Å². The zero-order chi connectivity index (χ0) is 16.9. The molecule has 2 rings (SSSR count). The monoisotopic (exact) mass is 352 g/mol. The fraction of sp³-hybridized carbons (Fsp3) is 0.412. The van der Waals surface area contributed by atoms with Crippen molar-refractivity contribution in [2.75, 3.05) is 13.1 Å². The van der Waals surface area contributed by atoms with Crippen LogP contribution in [0, 0.1) is 0 Å². The van der Waals surface area contributed by atoms with Gasteiger partial charge in [0.25, 0.3) is 0 Å². The summed E-state index contributed by atoms with van der Waals surface area (Å²) in [6.07, 6.45) is 0. The Bertz CT molecular complexity index is 691. The van der Waals surface area contributed by atoms with Gasteiger partial charge in [0.15, 0.2) is 0 Å². The summed E-state index contributed by atoms with van der Waals surface area (Å²) in [5, 5.41) is 5.52. The van der Waals surface area contributed by atoms with E-state index in [0.29, 0.717) is 18.0 Å². The zero-order valence-electron chi connectivity index (χ0n) is 13.8. The second-order valence-electron chi connectivity index (χ2n) is 5.34. The average Bonchev–Trinajstić information content (AvgIpc) is 3.07. The molecule has 1 N–H and O–H groups in total. The number of thiophene rings is 1. The van der Waals surface area contributed by atoms with Crippen LogP contribution < -0.4 is 5.32 Å². The lowest BCUT2D eigenvalue weighted by atomic mass is 10.1. The van der Waals surface area contributed by atoms with Gasteiger partial charge in [-0.1, -0.05) is 32.0 Å². The first-order valence-electron chi connectivity index (χ1n) is 7.85. The summed E-state index contributed by atoms with van der Waals surface area (Å²) in [6, 6.07) is 11.5. The van der Waals surface area contributed by atoms with E-state index in [1.54, 1.807) is 23.5 Å². The molecule has 4 nitrogen and oxygen atoms in total. The fourth-order valence-electron chi connectivity index (χ4n) is 2.43. The Kier molecular flexibility index (Phi) is 6.35. The van der Waals surface area contributed by atoms with Gasteiger partial charge in [-0.25, -0.2) is 8.42 Å². The molecule has 1 atom stereocenters. The molecule has 0 aliphatic rings. The van der Waals surface area contributed by atoms with Crippen molar-refractivity contribution in [3.63, 3.8) is 0 Å². The highest BCUT2D eigenvalue weighted by Crippen LogP contribution is 2.20. The average molecular weight is 353 g/mol. The van der Waals surface area contributed by atoms with Crippen molar-refractivity contribution in [3.8, 4) is 0 Å². The highest BCUT2D eigenvalue weighted by molar-refractivity contribution is 7.89. The first kappa shape index (κ1) is 18.1. The third-order valence-corrected chi connectivity index (χ3v) is 6.83. The van der Waals surface area contributed by atoms with Gasteiger partial charge >= 0.3 is 0 Å². The lowest BCUT2D eigenvalue weighted by molar-refractivity contribution is 0.445. The van der Waals surface area contributed by atoms with Crippen molar-refractivity contribution < 1.29 is 8.42 Å². The molecule has 2 aromatic rings. The summed E-state index contributed by atoms with van der Waals surface area (Å²) in [5.74, 6) is 0. The summed E-state index contributed by atoms with van der Waals surface area (Å²) in [4.78, 5) is 1.65. The quantitative estimate of drug-likeness (QED) is 0.789. The van der Waals surface area contributed by atoms with Gasteiger partial charge in [0.05, 0.1) is 4.90 Å². The van der Waals surface area contributed by atoms with Crippen molar-refractivity contribution >= 4 is 21.4 Å². The Morgan fingerprint density at radius 2 is 1.78 bits per heavy atom. The van der Waals surface area contributed by atoms with E-state index in [0.717, 1.165) is 12.1 Å². The Labute approximate surface area is 143 Å². The normalized spacial score (nSPS) is 13.4. The predicted octanol–water partition coefficient (Wildman–Crippen LogP) is 3.63. The number of rotatable bonds is 8. The number of benzene rings is 1. The van der Waals surface area contributed by atoms with Crippen molar-refractivity contribution in [1.29, 1.82) is 0 Å². The highest BCUT2D eigenvalue weighted by atomic mass is 32.2. The molecule has 0 aliphatic carbocycles. The lowest BCUT2D eigenvalue weighted by Gasteiger charge is -2.19. The molecular weight excluding hydrogens is 328 g/mol. The van der Waals surface area contributed by atoms with Gasteiger partial charge in [-0.2, -0.15) is 4.31 Å². The largest absolute Gasteiger partial charge is 0.305 e. The second-order valence-corrected chi connectivity index (χ2v) is 8.31. The van der Waals surface area contributed by atoms with E-state index in [1.807, 2.05) is 32.0 Å². The van der Waals surface area contributed by atoms with Crippen LogP contribution in [0.15, 0.2) is 46.7 Å². The van der Waals surface area contributed by atoms with Crippen LogP contribution in [0.4, 0.5) is 0 Å². The van der Waals surface area contributed by atoms with Crippen LogP contribution in [-0.2, 0) is 16.6 Å². The minimum absolute atomic E-state index is 0.169. The predicted molar refractivity (Wildman–Crippen MR) is 96.1 cm³/mol. The van der Waals surface area contributed by atoms with Crippen molar-refractivity contribution in [1.82, 2.24) is 9.62 Å². The fourth-order valence-corrected chi connectivity index (χ4v) is 4.54. The number of nitrogens with one attached hydrogen (secondary N) is 1. The maximum atomic E-state index is 12.5. The molecule has 0 bridgehead atoms. The van der Waals surface area contributed by atoms with Crippen LogP contribution in [0.25, 0.3) is 0 Å². The number of sulfonamides is 1. The maximum absolute atomic E-state index is 12.5. The molecule has 1 aromatic heterocycles. The summed E-state index contributed by atoms with van der Waals surface area (Å²) < 4.78 is 26.4. The third-order valence-electron chi connectivity index (χ3n) is 3.89. The lowest BCUT2D eigenvalue weighted by Crippen LogP contribution is -2.30. The van der Waals surface area contributed by atoms with Crippen LogP contribution in [0.5, 0.6) is 0 Å². The van der Waals surface area contributed by atoms with Crippen molar-refractivity contribution in [2.24, 2.45) is 0 Å². The van der Waals surface area contributed by atoms with Gasteiger partial charge in [0.1, 0.15) is 0 Å². The molecule has 0 radical (unpaired) electrons. The summed E-state index contributed by atoms with van der Waals surface area (Å²) in [7, 11) is -3.38. The van der Waals surface area contributed by atoms with E-state index in [-0.39, 0.29) is 6.04 Å². The Balaban J connectivity index is 2.06. The zero-order valence-corrected chi connectivity index (χ0v) is 15.5. The van der Waals surface area contributed by atoms with Gasteiger partial charge in [-0.3, -0.25) is 0 Å². The molecule has 1 heterocycles. The van der Waals surface area contributed by atoms with Crippen molar-refractivity contribution in [2.45, 2.75) is 38.3 Å². The molecule has 6 heteroatoms. The van der Waals surface area contributed by atoms with Gasteiger partial charge < -0.3 is 5.32 Å². The van der Waals surface area contributed by atoms with E-state index in [2.05, 4.69) is 23.7 Å². The third kappa shape index (κ3) is 4.41. The molecule has 0 aliphatic heterocycles. The standard InChI is InChI=1S/C17H24N2O2S2/c1-4-19(5-2)23(20,21)17-10-8-15(9-11-17)14(3)18-13-16-7-6-12-22-16/h6-12,14,18H,4-5,13H2,1-3H3/t14-/m1/s1. The van der Waals surface area contributed by atoms with Crippen LogP contribution in [-0.4, -0.2) is 25.8 Å². The molecule has 1 aromatic carbocycles. The van der Waals surface area contributed by atoms with Crippen LogP contribution in [0.2, 0.25) is 0 Å². The first-order valence-corrected chi connectivity index (χ1v) is 10.2. The number of hydrogen-bond donors (Lipinski definition) is 1. The SMILES string of the molecule is CCN(CC)S(=O)(=O)c1ccc([C@@H](C)NCc2cccs2)cc1. The van der Waals surface area contributed by atoms with Gasteiger partial charge in [0, 0.05) is 30.6 Å². The number of hydrogen-bond acceptors (Lipinski definition) is 4. The van der Waals surface area contributed by atoms with E-state index >= 15 is 0 Å². The molecular formula is C17H24N2O2S2. The molecule has 0 spiro atoms. The van der Waals surface area contributed by atoms with E-state index in [4.69, 9.17) is 0 Å². The Morgan fingerprint density at radius 1 is 1.13 bits per heavy atom. The van der Waals surface area contributed by atoms with Gasteiger partial charge in [0.2, 0.25) is 10.0 Å². The molecule has 126 valence electrons. The van der Waals surface area contributed by atoms with Crippen LogP contribution >= 0.6 is 11.3 Å². The summed E-state index contributed by atoms with van der Waals surface area (Å²) in [6.45, 7) is 7.58. The molecule has 0 unspecified atom stereocenters. The topological polar surface area (TPSA) is 49.4 Å². The van der Waals surface area contributed by atoms with E-state index < -0.39 is 10.0 Å². The summed E-state index contributed by atoms with van der Waals surface area (Å²) in [5.41, 5.74) is 1.08. The maximum Gasteiger partial charge on any atom is 0.243 e. The minimum atomic E-state index is -3.38. The molecule has 23 heavy (non-hydrogen) atoms. The van der Waals surface area contributed by atoms with Crippen molar-refractivity contribution in [3.05, 3.63) is 52.2 Å². The smallest absolute Gasteiger partial charge is 0.243 e.